The summed E-state index contributed by atoms with van der Waals surface area (Å²) >= 11 is 0. The Labute approximate surface area is 85.5 Å². The van der Waals surface area contributed by atoms with Crippen molar-refractivity contribution in [1.82, 2.24) is 0 Å². The average molecular weight is 194 g/mol. The van der Waals surface area contributed by atoms with E-state index in [1.807, 2.05) is 39.0 Å². The summed E-state index contributed by atoms with van der Waals surface area (Å²) in [6, 6.07) is 5.75. The summed E-state index contributed by atoms with van der Waals surface area (Å²) in [6.45, 7) is 5.80. The van der Waals surface area contributed by atoms with E-state index in [2.05, 4.69) is 0 Å². The maximum absolute atomic E-state index is 10.1. The summed E-state index contributed by atoms with van der Waals surface area (Å²) < 4.78 is 5.11. The molecule has 78 valence electrons. The first-order valence-electron chi connectivity index (χ1n) is 4.88. The molecule has 0 bridgehead atoms. The first kappa shape index (κ1) is 11.1. The molecule has 0 heterocycles. The predicted molar refractivity (Wildman–Crippen MR) is 57.6 cm³/mol. The highest BCUT2D eigenvalue weighted by atomic mass is 16.5. The molecule has 0 spiro atoms. The van der Waals surface area contributed by atoms with Gasteiger partial charge in [-0.25, -0.2) is 0 Å². The van der Waals surface area contributed by atoms with Gasteiger partial charge in [-0.15, -0.1) is 0 Å². The van der Waals surface area contributed by atoms with Crippen LogP contribution in [-0.2, 0) is 5.60 Å². The van der Waals surface area contributed by atoms with Crippen molar-refractivity contribution in [2.45, 2.75) is 32.8 Å². The number of hydrogen-bond acceptors (Lipinski definition) is 2. The Kier molecular flexibility index (Phi) is 3.17. The van der Waals surface area contributed by atoms with E-state index in [9.17, 15) is 5.11 Å². The topological polar surface area (TPSA) is 29.5 Å². The van der Waals surface area contributed by atoms with Crippen LogP contribution in [0.25, 0.3) is 0 Å². The van der Waals surface area contributed by atoms with Crippen molar-refractivity contribution in [3.8, 4) is 5.75 Å². The summed E-state index contributed by atoms with van der Waals surface area (Å²) in [4.78, 5) is 0. The Bertz CT molecular complexity index is 316. The Hall–Kier alpha value is -1.02. The van der Waals surface area contributed by atoms with Crippen molar-refractivity contribution >= 4 is 0 Å². The monoisotopic (exact) mass is 194 g/mol. The lowest BCUT2D eigenvalue weighted by Crippen LogP contribution is -2.20. The van der Waals surface area contributed by atoms with Gasteiger partial charge in [0.05, 0.1) is 12.7 Å². The van der Waals surface area contributed by atoms with Gasteiger partial charge in [-0.1, -0.05) is 13.0 Å². The summed E-state index contributed by atoms with van der Waals surface area (Å²) in [5.41, 5.74) is 1.30. The second-order valence-electron chi connectivity index (χ2n) is 3.81. The van der Waals surface area contributed by atoms with Gasteiger partial charge in [-0.05, 0) is 43.5 Å². The van der Waals surface area contributed by atoms with E-state index in [0.29, 0.717) is 6.42 Å². The molecule has 1 rings (SSSR count). The SMILES string of the molecule is CC[C@](C)(O)c1ccc(OC)cc1C. The van der Waals surface area contributed by atoms with Crippen LogP contribution in [-0.4, -0.2) is 12.2 Å². The highest BCUT2D eigenvalue weighted by Crippen LogP contribution is 2.29. The second-order valence-corrected chi connectivity index (χ2v) is 3.81. The van der Waals surface area contributed by atoms with Gasteiger partial charge in [-0.2, -0.15) is 0 Å². The smallest absolute Gasteiger partial charge is 0.119 e. The normalized spacial score (nSPS) is 14.9. The minimum atomic E-state index is -0.740. The maximum atomic E-state index is 10.1. The molecule has 0 amide bonds. The van der Waals surface area contributed by atoms with Gasteiger partial charge in [0, 0.05) is 0 Å². The molecular formula is C12H18O2. The molecule has 2 nitrogen and oxygen atoms in total. The molecule has 0 aromatic heterocycles. The molecular weight excluding hydrogens is 176 g/mol. The molecule has 0 saturated carbocycles. The lowest BCUT2D eigenvalue weighted by molar-refractivity contribution is 0.0524. The lowest BCUT2D eigenvalue weighted by Gasteiger charge is -2.24. The second kappa shape index (κ2) is 4.01. The number of benzene rings is 1. The molecule has 0 fully saturated rings. The third-order valence-corrected chi connectivity index (χ3v) is 2.70. The molecule has 1 aromatic rings. The Morgan fingerprint density at radius 2 is 2.07 bits per heavy atom. The van der Waals surface area contributed by atoms with Crippen LogP contribution in [0.3, 0.4) is 0 Å². The van der Waals surface area contributed by atoms with E-state index < -0.39 is 5.60 Å². The van der Waals surface area contributed by atoms with Gasteiger partial charge in [0.2, 0.25) is 0 Å². The van der Waals surface area contributed by atoms with E-state index in [0.717, 1.165) is 16.9 Å². The first-order valence-corrected chi connectivity index (χ1v) is 4.88. The van der Waals surface area contributed by atoms with Crippen molar-refractivity contribution in [2.24, 2.45) is 0 Å². The molecule has 0 aliphatic carbocycles. The molecule has 0 unspecified atom stereocenters. The number of ether oxygens (including phenoxy) is 1. The maximum Gasteiger partial charge on any atom is 0.119 e. The van der Waals surface area contributed by atoms with Crippen molar-refractivity contribution in [1.29, 1.82) is 0 Å². The van der Waals surface area contributed by atoms with Gasteiger partial charge in [0.25, 0.3) is 0 Å². The summed E-state index contributed by atoms with van der Waals surface area (Å²) in [5, 5.41) is 10.1. The molecule has 1 atom stereocenters. The molecule has 1 aromatic carbocycles. The van der Waals surface area contributed by atoms with Gasteiger partial charge in [-0.3, -0.25) is 0 Å². The summed E-state index contributed by atoms with van der Waals surface area (Å²) in [6.07, 6.45) is 0.709. The fraction of sp³-hybridized carbons (Fsp3) is 0.500. The van der Waals surface area contributed by atoms with E-state index in [4.69, 9.17) is 4.74 Å². The van der Waals surface area contributed by atoms with Crippen LogP contribution in [0, 0.1) is 6.92 Å². The fourth-order valence-corrected chi connectivity index (χ4v) is 1.56. The van der Waals surface area contributed by atoms with Gasteiger partial charge in [0.1, 0.15) is 5.75 Å². The average Bonchev–Trinajstić information content (AvgIpc) is 2.17. The highest BCUT2D eigenvalue weighted by Gasteiger charge is 2.22. The van der Waals surface area contributed by atoms with Crippen molar-refractivity contribution in [3.05, 3.63) is 29.3 Å². The van der Waals surface area contributed by atoms with Crippen molar-refractivity contribution < 1.29 is 9.84 Å². The number of aryl methyl sites for hydroxylation is 1. The lowest BCUT2D eigenvalue weighted by atomic mass is 9.90. The van der Waals surface area contributed by atoms with Crippen LogP contribution >= 0.6 is 0 Å². The van der Waals surface area contributed by atoms with Crippen LogP contribution in [0.15, 0.2) is 18.2 Å². The number of aliphatic hydroxyl groups is 1. The van der Waals surface area contributed by atoms with Crippen LogP contribution in [0.5, 0.6) is 5.75 Å². The molecule has 14 heavy (non-hydrogen) atoms. The van der Waals surface area contributed by atoms with Crippen LogP contribution in [0.4, 0.5) is 0 Å². The standard InChI is InChI=1S/C12H18O2/c1-5-12(3,13)11-7-6-10(14-4)8-9(11)2/h6-8,13H,5H2,1-4H3/t12-/m0/s1. The zero-order valence-corrected chi connectivity index (χ0v) is 9.29. The third-order valence-electron chi connectivity index (χ3n) is 2.70. The minimum absolute atomic E-state index is 0.709. The van der Waals surface area contributed by atoms with Crippen LogP contribution in [0.1, 0.15) is 31.4 Å². The van der Waals surface area contributed by atoms with Crippen molar-refractivity contribution in [2.75, 3.05) is 7.11 Å². The highest BCUT2D eigenvalue weighted by molar-refractivity contribution is 5.37. The van der Waals surface area contributed by atoms with E-state index >= 15 is 0 Å². The molecule has 0 aliphatic rings. The number of methoxy groups -OCH3 is 1. The molecule has 0 radical (unpaired) electrons. The van der Waals surface area contributed by atoms with E-state index in [1.165, 1.54) is 0 Å². The number of hydrogen-bond donors (Lipinski definition) is 1. The Balaban J connectivity index is 3.12. The fourth-order valence-electron chi connectivity index (χ4n) is 1.56. The molecule has 2 heteroatoms. The zero-order chi connectivity index (χ0) is 10.8. The quantitative estimate of drug-likeness (QED) is 0.801. The van der Waals surface area contributed by atoms with E-state index in [-0.39, 0.29) is 0 Å². The van der Waals surface area contributed by atoms with Gasteiger partial charge >= 0.3 is 0 Å². The summed E-state index contributed by atoms with van der Waals surface area (Å²) in [7, 11) is 1.65. The Morgan fingerprint density at radius 1 is 1.43 bits per heavy atom. The Morgan fingerprint density at radius 3 is 2.50 bits per heavy atom. The van der Waals surface area contributed by atoms with Crippen LogP contribution in [0.2, 0.25) is 0 Å². The molecule has 0 aliphatic heterocycles. The van der Waals surface area contributed by atoms with Crippen molar-refractivity contribution in [3.63, 3.8) is 0 Å². The first-order chi connectivity index (χ1) is 6.51. The largest absolute Gasteiger partial charge is 0.497 e. The number of rotatable bonds is 3. The third kappa shape index (κ3) is 2.07. The van der Waals surface area contributed by atoms with Gasteiger partial charge < -0.3 is 9.84 Å². The minimum Gasteiger partial charge on any atom is -0.497 e. The molecule has 0 saturated heterocycles. The van der Waals surface area contributed by atoms with Crippen LogP contribution < -0.4 is 4.74 Å². The van der Waals surface area contributed by atoms with E-state index in [1.54, 1.807) is 7.11 Å². The van der Waals surface area contributed by atoms with Gasteiger partial charge in [0.15, 0.2) is 0 Å². The summed E-state index contributed by atoms with van der Waals surface area (Å²) in [5.74, 6) is 0.832. The zero-order valence-electron chi connectivity index (χ0n) is 9.29. The predicted octanol–water partition coefficient (Wildman–Crippen LogP) is 2.62. The molecule has 1 N–H and O–H groups in total.